The highest BCUT2D eigenvalue weighted by Gasteiger charge is 2.37. The van der Waals surface area contributed by atoms with Gasteiger partial charge in [0.25, 0.3) is 0 Å². The summed E-state index contributed by atoms with van der Waals surface area (Å²) in [5, 5.41) is 0. The molecular formula is C11H14F3NO. The van der Waals surface area contributed by atoms with Crippen molar-refractivity contribution in [1.82, 2.24) is 0 Å². The quantitative estimate of drug-likeness (QED) is 0.870. The zero-order valence-corrected chi connectivity index (χ0v) is 9.08. The first-order valence-corrected chi connectivity index (χ1v) is 4.89. The minimum Gasteiger partial charge on any atom is -0.491 e. The van der Waals surface area contributed by atoms with Crippen molar-refractivity contribution < 1.29 is 17.9 Å². The van der Waals surface area contributed by atoms with E-state index in [9.17, 15) is 13.2 Å². The molecule has 1 aromatic rings. The molecule has 0 aromatic heterocycles. The van der Waals surface area contributed by atoms with Crippen LogP contribution in [-0.4, -0.2) is 12.3 Å². The predicted molar refractivity (Wildman–Crippen MR) is 55.2 cm³/mol. The molecule has 0 unspecified atom stereocenters. The molecule has 0 spiro atoms. The molecule has 90 valence electrons. The third-order valence-corrected chi connectivity index (χ3v) is 1.96. The average molecular weight is 233 g/mol. The Bertz CT molecular complexity index is 332. The Hall–Kier alpha value is -1.23. The Labute approximate surface area is 92.2 Å². The van der Waals surface area contributed by atoms with Crippen LogP contribution in [0, 0.1) is 0 Å². The number of nitrogens with two attached hydrogens (primary N) is 1. The normalized spacial score (nSPS) is 13.9. The second-order valence-corrected chi connectivity index (χ2v) is 3.75. The molecule has 2 nitrogen and oxygen atoms in total. The van der Waals surface area contributed by atoms with Crippen molar-refractivity contribution in [3.63, 3.8) is 0 Å². The number of halogens is 3. The van der Waals surface area contributed by atoms with Gasteiger partial charge in [-0.3, -0.25) is 0 Å². The summed E-state index contributed by atoms with van der Waals surface area (Å²) in [6, 6.07) is 3.69. The monoisotopic (exact) mass is 233 g/mol. The van der Waals surface area contributed by atoms with Crippen LogP contribution in [0.3, 0.4) is 0 Å². The zero-order valence-electron chi connectivity index (χ0n) is 9.08. The van der Waals surface area contributed by atoms with Crippen molar-refractivity contribution in [3.05, 3.63) is 29.8 Å². The smallest absolute Gasteiger partial charge is 0.407 e. The lowest BCUT2D eigenvalue weighted by Gasteiger charge is -2.16. The van der Waals surface area contributed by atoms with Crippen LogP contribution in [0.25, 0.3) is 0 Å². The standard InChI is InChI=1S/C11H14F3NO/c1-7(2)16-9-5-3-8(4-6-9)10(15)11(12,13)14/h3-7,10H,15H2,1-2H3/t10-/m1/s1. The van der Waals surface area contributed by atoms with E-state index in [2.05, 4.69) is 0 Å². The van der Waals surface area contributed by atoms with Gasteiger partial charge in [-0.15, -0.1) is 0 Å². The third-order valence-electron chi connectivity index (χ3n) is 1.96. The fourth-order valence-corrected chi connectivity index (χ4v) is 1.21. The molecule has 1 atom stereocenters. The lowest BCUT2D eigenvalue weighted by molar-refractivity contribution is -0.149. The molecule has 1 rings (SSSR count). The number of ether oxygens (including phenoxy) is 1. The number of hydrogen-bond donors (Lipinski definition) is 1. The molecule has 0 radical (unpaired) electrons. The van der Waals surface area contributed by atoms with Crippen molar-refractivity contribution in [2.24, 2.45) is 5.73 Å². The van der Waals surface area contributed by atoms with Crippen LogP contribution < -0.4 is 10.5 Å². The summed E-state index contributed by atoms with van der Waals surface area (Å²) in [5.41, 5.74) is 5.09. The van der Waals surface area contributed by atoms with Gasteiger partial charge in [-0.25, -0.2) is 0 Å². The van der Waals surface area contributed by atoms with Crippen molar-refractivity contribution in [2.75, 3.05) is 0 Å². The largest absolute Gasteiger partial charge is 0.491 e. The summed E-state index contributed by atoms with van der Waals surface area (Å²) >= 11 is 0. The molecule has 5 heteroatoms. The van der Waals surface area contributed by atoms with Gasteiger partial charge < -0.3 is 10.5 Å². The van der Waals surface area contributed by atoms with Gasteiger partial charge in [-0.05, 0) is 31.5 Å². The van der Waals surface area contributed by atoms with Gasteiger partial charge in [0.15, 0.2) is 0 Å². The first-order chi connectivity index (χ1) is 7.30. The summed E-state index contributed by atoms with van der Waals surface area (Å²) in [6.07, 6.45) is -4.43. The van der Waals surface area contributed by atoms with E-state index in [1.165, 1.54) is 24.3 Å². The van der Waals surface area contributed by atoms with E-state index in [1.54, 1.807) is 0 Å². The van der Waals surface area contributed by atoms with E-state index in [-0.39, 0.29) is 11.7 Å². The number of hydrogen-bond acceptors (Lipinski definition) is 2. The maximum Gasteiger partial charge on any atom is 0.407 e. The number of benzene rings is 1. The van der Waals surface area contributed by atoms with Gasteiger partial charge in [0, 0.05) is 0 Å². The Morgan fingerprint density at radius 3 is 2.00 bits per heavy atom. The molecule has 0 aliphatic rings. The fraction of sp³-hybridized carbons (Fsp3) is 0.455. The van der Waals surface area contributed by atoms with Crippen LogP contribution in [0.2, 0.25) is 0 Å². The third kappa shape index (κ3) is 3.41. The summed E-state index contributed by atoms with van der Waals surface area (Å²) < 4.78 is 42.2. The molecule has 0 aliphatic heterocycles. The van der Waals surface area contributed by atoms with Gasteiger partial charge in [-0.2, -0.15) is 13.2 Å². The first kappa shape index (κ1) is 12.8. The molecule has 0 amide bonds. The van der Waals surface area contributed by atoms with Crippen LogP contribution in [0.4, 0.5) is 13.2 Å². The first-order valence-electron chi connectivity index (χ1n) is 4.89. The molecule has 1 aromatic carbocycles. The average Bonchev–Trinajstić information content (AvgIpc) is 2.15. The van der Waals surface area contributed by atoms with Gasteiger partial charge in [-0.1, -0.05) is 12.1 Å². The van der Waals surface area contributed by atoms with E-state index in [0.717, 1.165) is 0 Å². The minimum atomic E-state index is -4.42. The van der Waals surface area contributed by atoms with Crippen LogP contribution in [0.5, 0.6) is 5.75 Å². The maximum atomic E-state index is 12.3. The van der Waals surface area contributed by atoms with Crippen molar-refractivity contribution in [1.29, 1.82) is 0 Å². The molecular weight excluding hydrogens is 219 g/mol. The molecule has 0 saturated carbocycles. The highest BCUT2D eigenvalue weighted by atomic mass is 19.4. The SMILES string of the molecule is CC(C)Oc1ccc([C@@H](N)C(F)(F)F)cc1. The second kappa shape index (κ2) is 4.74. The highest BCUT2D eigenvalue weighted by molar-refractivity contribution is 5.29. The second-order valence-electron chi connectivity index (χ2n) is 3.75. The van der Waals surface area contributed by atoms with E-state index in [4.69, 9.17) is 10.5 Å². The highest BCUT2D eigenvalue weighted by Crippen LogP contribution is 2.31. The van der Waals surface area contributed by atoms with Gasteiger partial charge in [0.1, 0.15) is 11.8 Å². The fourth-order valence-electron chi connectivity index (χ4n) is 1.21. The molecule has 0 saturated heterocycles. The lowest BCUT2D eigenvalue weighted by atomic mass is 10.1. The molecule has 16 heavy (non-hydrogen) atoms. The summed E-state index contributed by atoms with van der Waals surface area (Å²) in [6.45, 7) is 3.69. The summed E-state index contributed by atoms with van der Waals surface area (Å²) in [5.74, 6) is 0.535. The lowest BCUT2D eigenvalue weighted by Crippen LogP contribution is -2.28. The van der Waals surface area contributed by atoms with E-state index in [0.29, 0.717) is 5.75 Å². The van der Waals surface area contributed by atoms with Crippen molar-refractivity contribution in [2.45, 2.75) is 32.2 Å². The predicted octanol–water partition coefficient (Wildman–Crippen LogP) is 3.04. The Balaban J connectivity index is 2.79. The molecule has 0 fully saturated rings. The van der Waals surface area contributed by atoms with Gasteiger partial charge in [0.05, 0.1) is 6.10 Å². The van der Waals surface area contributed by atoms with Crippen LogP contribution >= 0.6 is 0 Å². The molecule has 0 heterocycles. The minimum absolute atomic E-state index is 0.0119. The van der Waals surface area contributed by atoms with Crippen LogP contribution in [0.1, 0.15) is 25.5 Å². The van der Waals surface area contributed by atoms with Gasteiger partial charge in [0.2, 0.25) is 0 Å². The van der Waals surface area contributed by atoms with E-state index in [1.807, 2.05) is 13.8 Å². The van der Waals surface area contributed by atoms with Crippen molar-refractivity contribution >= 4 is 0 Å². The van der Waals surface area contributed by atoms with Gasteiger partial charge >= 0.3 is 6.18 Å². The molecule has 0 aliphatic carbocycles. The Morgan fingerprint density at radius 1 is 1.12 bits per heavy atom. The molecule has 0 bridgehead atoms. The van der Waals surface area contributed by atoms with Crippen LogP contribution in [0.15, 0.2) is 24.3 Å². The van der Waals surface area contributed by atoms with E-state index >= 15 is 0 Å². The topological polar surface area (TPSA) is 35.2 Å². The Kier molecular flexibility index (Phi) is 3.80. The molecule has 2 N–H and O–H groups in total. The van der Waals surface area contributed by atoms with Crippen molar-refractivity contribution in [3.8, 4) is 5.75 Å². The summed E-state index contributed by atoms with van der Waals surface area (Å²) in [4.78, 5) is 0. The van der Waals surface area contributed by atoms with E-state index < -0.39 is 12.2 Å². The number of alkyl halides is 3. The Morgan fingerprint density at radius 2 is 1.62 bits per heavy atom. The maximum absolute atomic E-state index is 12.3. The number of rotatable bonds is 3. The summed E-state index contributed by atoms with van der Waals surface area (Å²) in [7, 11) is 0. The van der Waals surface area contributed by atoms with Crippen LogP contribution in [-0.2, 0) is 0 Å². The zero-order chi connectivity index (χ0) is 12.3.